The Morgan fingerprint density at radius 3 is 2.47 bits per heavy atom. The van der Waals surface area contributed by atoms with E-state index in [0.29, 0.717) is 24.6 Å². The molecule has 0 spiro atoms. The average molecular weight is 482 g/mol. The first-order valence-corrected chi connectivity index (χ1v) is 12.9. The number of nitrogens with zero attached hydrogens (tertiary/aromatic N) is 2. The number of nitrogens with one attached hydrogen (secondary N) is 2. The van der Waals surface area contributed by atoms with Crippen LogP contribution in [0.3, 0.4) is 0 Å². The topological polar surface area (TPSA) is 84.5 Å². The molecule has 4 aromatic rings. The number of aryl methyl sites for hydroxylation is 2. The van der Waals surface area contributed by atoms with Gasteiger partial charge in [-0.25, -0.2) is 4.98 Å². The molecule has 1 aliphatic rings. The number of pyridine rings is 1. The second kappa shape index (κ2) is 10.5. The maximum Gasteiger partial charge on any atom is 0.251 e. The third-order valence-corrected chi connectivity index (χ3v) is 7.31. The summed E-state index contributed by atoms with van der Waals surface area (Å²) in [4.78, 5) is 18.1. The Morgan fingerprint density at radius 1 is 1.00 bits per heavy atom. The highest BCUT2D eigenvalue weighted by Crippen LogP contribution is 2.38. The number of aromatic nitrogens is 2. The predicted molar refractivity (Wildman–Crippen MR) is 146 cm³/mol. The zero-order chi connectivity index (χ0) is 25.1. The van der Waals surface area contributed by atoms with Gasteiger partial charge in [0.15, 0.2) is 0 Å². The quantitative estimate of drug-likeness (QED) is 0.296. The van der Waals surface area contributed by atoms with Crippen molar-refractivity contribution in [3.05, 3.63) is 94.3 Å². The van der Waals surface area contributed by atoms with Crippen LogP contribution in [-0.2, 0) is 13.1 Å². The lowest BCUT2D eigenvalue weighted by atomic mass is 9.87. The Labute approximate surface area is 212 Å². The molecule has 0 bridgehead atoms. The van der Waals surface area contributed by atoms with E-state index in [2.05, 4.69) is 47.1 Å². The Balaban J connectivity index is 1.45. The first-order chi connectivity index (χ1) is 17.5. The highest BCUT2D eigenvalue weighted by atomic mass is 16.1. The lowest BCUT2D eigenvalue weighted by Crippen LogP contribution is -2.23. The predicted octanol–water partition coefficient (Wildman–Crippen LogP) is 6.13. The van der Waals surface area contributed by atoms with Gasteiger partial charge in [0.25, 0.3) is 5.91 Å². The number of anilines is 2. The maximum absolute atomic E-state index is 13.0. The number of nitrogens with two attached hydrogens (primary N) is 1. The molecule has 1 amide bonds. The van der Waals surface area contributed by atoms with Crippen molar-refractivity contribution in [1.29, 1.82) is 0 Å². The Bertz CT molecular complexity index is 1360. The number of carbonyl (C=O) groups is 1. The van der Waals surface area contributed by atoms with E-state index in [0.717, 1.165) is 46.8 Å². The van der Waals surface area contributed by atoms with Crippen LogP contribution in [0.2, 0.25) is 0 Å². The van der Waals surface area contributed by atoms with Crippen LogP contribution in [0.4, 0.5) is 11.5 Å². The van der Waals surface area contributed by atoms with Crippen LogP contribution in [0.25, 0.3) is 5.65 Å². The van der Waals surface area contributed by atoms with E-state index in [1.165, 1.54) is 30.4 Å². The van der Waals surface area contributed by atoms with Gasteiger partial charge in [0, 0.05) is 36.5 Å². The Kier molecular flexibility index (Phi) is 7.05. The molecule has 0 unspecified atom stereocenters. The maximum atomic E-state index is 13.0. The summed E-state index contributed by atoms with van der Waals surface area (Å²) in [6, 6.07) is 18.1. The van der Waals surface area contributed by atoms with Crippen LogP contribution in [-0.4, -0.2) is 15.3 Å². The van der Waals surface area contributed by atoms with Gasteiger partial charge < -0.3 is 16.4 Å². The third-order valence-electron chi connectivity index (χ3n) is 7.31. The number of amides is 1. The van der Waals surface area contributed by atoms with E-state index >= 15 is 0 Å². The number of fused-ring (bicyclic) bond motifs is 1. The molecular weight excluding hydrogens is 446 g/mol. The van der Waals surface area contributed by atoms with E-state index in [4.69, 9.17) is 10.7 Å². The van der Waals surface area contributed by atoms with E-state index in [-0.39, 0.29) is 5.91 Å². The number of imidazole rings is 1. The molecule has 1 fully saturated rings. The molecule has 2 heterocycles. The van der Waals surface area contributed by atoms with Crippen molar-refractivity contribution >= 4 is 23.1 Å². The summed E-state index contributed by atoms with van der Waals surface area (Å²) in [5.41, 5.74) is 13.9. The van der Waals surface area contributed by atoms with Gasteiger partial charge in [0.2, 0.25) is 0 Å². The van der Waals surface area contributed by atoms with Gasteiger partial charge in [-0.1, -0.05) is 61.7 Å². The molecule has 0 aliphatic heterocycles. The van der Waals surface area contributed by atoms with Gasteiger partial charge in [-0.3, -0.25) is 9.20 Å². The summed E-state index contributed by atoms with van der Waals surface area (Å²) < 4.78 is 2.09. The van der Waals surface area contributed by atoms with E-state index < -0.39 is 0 Å². The largest absolute Gasteiger partial charge is 0.348 e. The molecule has 6 heteroatoms. The fourth-order valence-electron chi connectivity index (χ4n) is 5.27. The van der Waals surface area contributed by atoms with Crippen LogP contribution in [0, 0.1) is 13.8 Å². The van der Waals surface area contributed by atoms with E-state index in [1.54, 1.807) is 0 Å². The van der Waals surface area contributed by atoms with Crippen LogP contribution in [0.15, 0.2) is 60.8 Å². The highest BCUT2D eigenvalue weighted by Gasteiger charge is 2.24. The highest BCUT2D eigenvalue weighted by molar-refractivity contribution is 5.95. The molecule has 1 aliphatic carbocycles. The molecule has 0 saturated heterocycles. The summed E-state index contributed by atoms with van der Waals surface area (Å²) >= 11 is 0. The second-order valence-corrected chi connectivity index (χ2v) is 9.92. The van der Waals surface area contributed by atoms with Crippen LogP contribution in [0.5, 0.6) is 0 Å². The smallest absolute Gasteiger partial charge is 0.251 e. The lowest BCUT2D eigenvalue weighted by Gasteiger charge is -2.22. The fraction of sp³-hybridized carbons (Fsp3) is 0.333. The van der Waals surface area contributed by atoms with E-state index in [9.17, 15) is 4.79 Å². The SMILES string of the molecule is Cc1cccc(C)c1Nc1c(C2CCCCC2)nc2cc(C(=O)NCc3cccc(CN)c3)ccn12. The molecule has 36 heavy (non-hydrogen) atoms. The van der Waals surface area contributed by atoms with Gasteiger partial charge in [0.1, 0.15) is 11.5 Å². The van der Waals surface area contributed by atoms with Crippen molar-refractivity contribution in [2.75, 3.05) is 5.32 Å². The number of hydrogen-bond donors (Lipinski definition) is 3. The summed E-state index contributed by atoms with van der Waals surface area (Å²) in [7, 11) is 0. The zero-order valence-electron chi connectivity index (χ0n) is 21.2. The van der Waals surface area contributed by atoms with Gasteiger partial charge in [0.05, 0.1) is 5.69 Å². The molecular formula is C30H35N5O. The minimum absolute atomic E-state index is 0.109. The molecule has 2 aromatic carbocycles. The normalized spacial score (nSPS) is 14.2. The standard InChI is InChI=1S/C30H35N5O/c1-20-8-6-9-21(2)27(20)34-29-28(24-12-4-3-5-13-24)33-26-17-25(14-15-35(26)29)30(36)32-19-23-11-7-10-22(16-23)18-31/h6-11,14-17,24,34H,3-5,12-13,18-19,31H2,1-2H3,(H,32,36). The number of rotatable bonds is 7. The minimum atomic E-state index is -0.109. The van der Waals surface area contributed by atoms with Crippen molar-refractivity contribution in [3.8, 4) is 0 Å². The molecule has 0 radical (unpaired) electrons. The number of hydrogen-bond acceptors (Lipinski definition) is 4. The molecule has 6 nitrogen and oxygen atoms in total. The fourth-order valence-corrected chi connectivity index (χ4v) is 5.27. The Hall–Kier alpha value is -3.64. The summed E-state index contributed by atoms with van der Waals surface area (Å²) in [6.07, 6.45) is 8.04. The minimum Gasteiger partial charge on any atom is -0.348 e. The number of benzene rings is 2. The first kappa shape index (κ1) is 24.1. The number of para-hydroxylation sites is 1. The zero-order valence-corrected chi connectivity index (χ0v) is 21.2. The van der Waals surface area contributed by atoms with Crippen molar-refractivity contribution < 1.29 is 4.79 Å². The molecule has 4 N–H and O–H groups in total. The second-order valence-electron chi connectivity index (χ2n) is 9.92. The molecule has 0 atom stereocenters. The van der Waals surface area contributed by atoms with Crippen LogP contribution in [0.1, 0.15) is 76.3 Å². The van der Waals surface area contributed by atoms with Gasteiger partial charge in [-0.15, -0.1) is 0 Å². The van der Waals surface area contributed by atoms with E-state index in [1.807, 2.05) is 42.6 Å². The summed E-state index contributed by atoms with van der Waals surface area (Å²) in [5, 5.41) is 6.76. The molecule has 2 aromatic heterocycles. The lowest BCUT2D eigenvalue weighted by molar-refractivity contribution is 0.0951. The average Bonchev–Trinajstić information content (AvgIpc) is 3.27. The van der Waals surface area contributed by atoms with Gasteiger partial charge >= 0.3 is 0 Å². The molecule has 186 valence electrons. The van der Waals surface area contributed by atoms with Crippen LogP contribution < -0.4 is 16.4 Å². The molecule has 5 rings (SSSR count). The van der Waals surface area contributed by atoms with Crippen molar-refractivity contribution in [3.63, 3.8) is 0 Å². The first-order valence-electron chi connectivity index (χ1n) is 12.9. The van der Waals surface area contributed by atoms with Gasteiger partial charge in [-0.05, 0) is 61.1 Å². The van der Waals surface area contributed by atoms with Gasteiger partial charge in [-0.2, -0.15) is 0 Å². The number of carbonyl (C=O) groups excluding carboxylic acids is 1. The van der Waals surface area contributed by atoms with Crippen molar-refractivity contribution in [1.82, 2.24) is 14.7 Å². The third kappa shape index (κ3) is 5.00. The Morgan fingerprint density at radius 2 is 1.72 bits per heavy atom. The van der Waals surface area contributed by atoms with Crippen molar-refractivity contribution in [2.24, 2.45) is 5.73 Å². The molecule has 1 saturated carbocycles. The summed E-state index contributed by atoms with van der Waals surface area (Å²) in [6.45, 7) is 5.20. The summed E-state index contributed by atoms with van der Waals surface area (Å²) in [5.74, 6) is 1.33. The van der Waals surface area contributed by atoms with Crippen molar-refractivity contribution in [2.45, 2.75) is 65.0 Å². The monoisotopic (exact) mass is 481 g/mol. The van der Waals surface area contributed by atoms with Crippen LogP contribution >= 0.6 is 0 Å².